The number of hydrogen-bond acceptors (Lipinski definition) is 7. The van der Waals surface area contributed by atoms with Gasteiger partial charge >= 0.3 is 12.4 Å². The third-order valence-corrected chi connectivity index (χ3v) is 5.77. The lowest BCUT2D eigenvalue weighted by Gasteiger charge is -2.27. The van der Waals surface area contributed by atoms with Crippen molar-refractivity contribution >= 4 is 11.5 Å². The summed E-state index contributed by atoms with van der Waals surface area (Å²) in [6.07, 6.45) is -9.07. The van der Waals surface area contributed by atoms with E-state index in [2.05, 4.69) is 15.2 Å². The van der Waals surface area contributed by atoms with Crippen LogP contribution in [0.3, 0.4) is 0 Å². The fourth-order valence-corrected chi connectivity index (χ4v) is 4.07. The average Bonchev–Trinajstić information content (AvgIpc) is 3.32. The van der Waals surface area contributed by atoms with E-state index < -0.39 is 47.4 Å². The molecule has 2 aromatic rings. The normalized spacial score (nSPS) is 24.9. The van der Waals surface area contributed by atoms with E-state index in [1.165, 1.54) is 4.90 Å². The molecule has 4 heterocycles. The quantitative estimate of drug-likeness (QED) is 0.586. The lowest BCUT2D eigenvalue weighted by molar-refractivity contribution is -0.277. The number of rotatable bonds is 0. The third-order valence-electron chi connectivity index (χ3n) is 5.77. The van der Waals surface area contributed by atoms with Gasteiger partial charge in [0.15, 0.2) is 5.69 Å². The molecule has 0 amide bonds. The molecule has 1 unspecified atom stereocenters. The first-order valence-electron chi connectivity index (χ1n) is 9.66. The highest BCUT2D eigenvalue weighted by Crippen LogP contribution is 2.45. The number of anilines is 2. The predicted molar refractivity (Wildman–Crippen MR) is 95.7 cm³/mol. The van der Waals surface area contributed by atoms with Crippen LogP contribution in [0, 0.1) is 5.92 Å². The average molecular weight is 451 g/mol. The summed E-state index contributed by atoms with van der Waals surface area (Å²) < 4.78 is 86.9. The number of nitrogen functional groups attached to an aromatic ring is 1. The smallest absolute Gasteiger partial charge is 0.416 e. The van der Waals surface area contributed by atoms with Gasteiger partial charge in [0.25, 0.3) is 11.8 Å². The largest absolute Gasteiger partial charge is 0.426 e. The maximum absolute atomic E-state index is 13.6. The van der Waals surface area contributed by atoms with Crippen molar-refractivity contribution in [1.29, 1.82) is 0 Å². The molecule has 0 aliphatic carbocycles. The molecule has 0 spiro atoms. The monoisotopic (exact) mass is 451 g/mol. The molecule has 7 nitrogen and oxygen atoms in total. The van der Waals surface area contributed by atoms with Gasteiger partial charge in [-0.25, -0.2) is 4.98 Å². The lowest BCUT2D eigenvalue weighted by Crippen LogP contribution is -2.42. The SMILES string of the molecule is Nc1cc(C(F)(F)F)c2nc1-c1nnc(o1)[C@@](O)(C(F)(F)F)CCCCC1CCN2C1. The summed E-state index contributed by atoms with van der Waals surface area (Å²) in [6, 6.07) is 0.663. The molecular weight excluding hydrogens is 432 g/mol. The first kappa shape index (κ1) is 21.7. The molecule has 1 saturated heterocycles. The molecular formula is C18H19F6N5O2. The van der Waals surface area contributed by atoms with E-state index in [-0.39, 0.29) is 30.4 Å². The third kappa shape index (κ3) is 3.79. The number of fused-ring (bicyclic) bond motifs is 8. The van der Waals surface area contributed by atoms with E-state index >= 15 is 0 Å². The van der Waals surface area contributed by atoms with Crippen LogP contribution < -0.4 is 10.6 Å². The number of hydrogen-bond donors (Lipinski definition) is 2. The number of alkyl halides is 6. The minimum atomic E-state index is -5.09. The van der Waals surface area contributed by atoms with Crippen LogP contribution in [-0.4, -0.2) is 39.6 Å². The van der Waals surface area contributed by atoms with Crippen molar-refractivity contribution in [2.24, 2.45) is 5.92 Å². The molecule has 6 bridgehead atoms. The second-order valence-corrected chi connectivity index (χ2v) is 7.91. The number of halogens is 6. The van der Waals surface area contributed by atoms with E-state index in [4.69, 9.17) is 10.2 Å². The summed E-state index contributed by atoms with van der Waals surface area (Å²) in [5.41, 5.74) is 0.445. The topological polar surface area (TPSA) is 101 Å². The van der Waals surface area contributed by atoms with Gasteiger partial charge < -0.3 is 20.2 Å². The number of nitrogens with two attached hydrogens (primary N) is 1. The van der Waals surface area contributed by atoms with E-state index in [9.17, 15) is 31.4 Å². The molecule has 0 radical (unpaired) electrons. The number of aliphatic hydroxyl groups is 1. The van der Waals surface area contributed by atoms with Gasteiger partial charge in [-0.05, 0) is 37.7 Å². The van der Waals surface area contributed by atoms with Crippen LogP contribution in [0.2, 0.25) is 0 Å². The van der Waals surface area contributed by atoms with Crippen molar-refractivity contribution in [3.8, 4) is 11.6 Å². The van der Waals surface area contributed by atoms with Gasteiger partial charge in [0, 0.05) is 13.1 Å². The standard InChI is InChI=1S/C18H19F6N5O2/c19-17(20,21)10-7-11(25)12-14-27-28-15(31-14)16(30,18(22,23)24)5-2-1-3-9-4-6-29(8-9)13(10)26-12/h7,9,30H,1-6,8,25H2/t9?,16-/m1/s1. The molecule has 2 aliphatic rings. The molecule has 2 aliphatic heterocycles. The molecule has 0 aromatic carbocycles. The van der Waals surface area contributed by atoms with Crippen LogP contribution in [0.5, 0.6) is 0 Å². The zero-order chi connectivity index (χ0) is 22.6. The molecule has 13 heteroatoms. The highest BCUT2D eigenvalue weighted by molar-refractivity contribution is 5.71. The summed E-state index contributed by atoms with van der Waals surface area (Å²) in [5.74, 6) is -2.09. The maximum atomic E-state index is 13.6. The Balaban J connectivity index is 1.89. The Bertz CT molecular complexity index is 975. The van der Waals surface area contributed by atoms with Gasteiger partial charge in [-0.2, -0.15) is 26.3 Å². The predicted octanol–water partition coefficient (Wildman–Crippen LogP) is 3.88. The summed E-state index contributed by atoms with van der Waals surface area (Å²) in [7, 11) is 0. The minimum Gasteiger partial charge on any atom is -0.416 e. The lowest BCUT2D eigenvalue weighted by atomic mass is 9.93. The van der Waals surface area contributed by atoms with E-state index in [1.807, 2.05) is 0 Å². The Morgan fingerprint density at radius 2 is 1.87 bits per heavy atom. The van der Waals surface area contributed by atoms with Crippen LogP contribution in [0.25, 0.3) is 11.6 Å². The van der Waals surface area contributed by atoms with Crippen molar-refractivity contribution < 1.29 is 35.9 Å². The van der Waals surface area contributed by atoms with Crippen LogP contribution in [0.1, 0.15) is 43.6 Å². The van der Waals surface area contributed by atoms with Gasteiger partial charge in [0.1, 0.15) is 11.4 Å². The summed E-state index contributed by atoms with van der Waals surface area (Å²) in [6.45, 7) is 0.587. The van der Waals surface area contributed by atoms with Gasteiger partial charge in [-0.1, -0.05) is 6.42 Å². The Kier molecular flexibility index (Phi) is 5.06. The van der Waals surface area contributed by atoms with E-state index in [0.29, 0.717) is 31.9 Å². The second kappa shape index (κ2) is 7.24. The van der Waals surface area contributed by atoms with Crippen molar-refractivity contribution in [2.75, 3.05) is 23.7 Å². The first-order valence-corrected chi connectivity index (χ1v) is 9.66. The molecule has 4 rings (SSSR count). The molecule has 0 saturated carbocycles. The van der Waals surface area contributed by atoms with Gasteiger partial charge in [-0.3, -0.25) is 0 Å². The van der Waals surface area contributed by atoms with Crippen molar-refractivity contribution in [2.45, 2.75) is 50.1 Å². The Morgan fingerprint density at radius 3 is 2.55 bits per heavy atom. The molecule has 3 N–H and O–H groups in total. The molecule has 1 fully saturated rings. The fourth-order valence-electron chi connectivity index (χ4n) is 4.07. The molecule has 31 heavy (non-hydrogen) atoms. The van der Waals surface area contributed by atoms with Crippen molar-refractivity contribution in [3.63, 3.8) is 0 Å². The van der Waals surface area contributed by atoms with Crippen LogP contribution >= 0.6 is 0 Å². The number of aromatic nitrogens is 3. The van der Waals surface area contributed by atoms with Crippen molar-refractivity contribution in [1.82, 2.24) is 15.2 Å². The van der Waals surface area contributed by atoms with Crippen LogP contribution in [-0.2, 0) is 11.8 Å². The van der Waals surface area contributed by atoms with Gasteiger partial charge in [-0.15, -0.1) is 10.2 Å². The number of nitrogens with zero attached hydrogens (tertiary/aromatic N) is 4. The molecule has 2 atom stereocenters. The zero-order valence-corrected chi connectivity index (χ0v) is 16.1. The van der Waals surface area contributed by atoms with Crippen LogP contribution in [0.15, 0.2) is 10.5 Å². The Hall–Kier alpha value is -2.57. The minimum absolute atomic E-state index is 0.00606. The highest BCUT2D eigenvalue weighted by atomic mass is 19.4. The zero-order valence-electron chi connectivity index (χ0n) is 16.1. The highest BCUT2D eigenvalue weighted by Gasteiger charge is 2.58. The molecule has 2 aromatic heterocycles. The molecule has 170 valence electrons. The Labute approximate surface area is 172 Å². The summed E-state index contributed by atoms with van der Waals surface area (Å²) in [4.78, 5) is 5.47. The van der Waals surface area contributed by atoms with Crippen LogP contribution in [0.4, 0.5) is 37.8 Å². The van der Waals surface area contributed by atoms with Crippen molar-refractivity contribution in [3.05, 3.63) is 17.5 Å². The summed E-state index contributed by atoms with van der Waals surface area (Å²) >= 11 is 0. The van der Waals surface area contributed by atoms with E-state index in [1.54, 1.807) is 0 Å². The maximum Gasteiger partial charge on any atom is 0.426 e. The second-order valence-electron chi connectivity index (χ2n) is 7.91. The Morgan fingerprint density at radius 1 is 1.13 bits per heavy atom. The van der Waals surface area contributed by atoms with Gasteiger partial charge in [0.2, 0.25) is 5.60 Å². The van der Waals surface area contributed by atoms with E-state index in [0.717, 1.165) is 0 Å². The fraction of sp³-hybridized carbons (Fsp3) is 0.611. The number of pyridine rings is 1. The van der Waals surface area contributed by atoms with Gasteiger partial charge in [0.05, 0.1) is 5.69 Å². The first-order chi connectivity index (χ1) is 14.4. The summed E-state index contributed by atoms with van der Waals surface area (Å²) in [5, 5.41) is 17.2.